The van der Waals surface area contributed by atoms with E-state index in [2.05, 4.69) is 106 Å². The Hall–Kier alpha value is -1.20. The average Bonchev–Trinajstić information content (AvgIpc) is 3.69. The lowest BCUT2D eigenvalue weighted by molar-refractivity contribution is 0.398. The number of benzene rings is 2. The van der Waals surface area contributed by atoms with E-state index in [1.54, 1.807) is 11.1 Å². The zero-order valence-electron chi connectivity index (χ0n) is 24.7. The summed E-state index contributed by atoms with van der Waals surface area (Å²) in [4.78, 5) is 2.71. The molecule has 2 heterocycles. The first-order valence-electron chi connectivity index (χ1n) is 15.9. The quantitative estimate of drug-likeness (QED) is 0.101. The molecular formula is C37H44Br2S2. The standard InChI is InChI=1S/C37H44Br2S2/c1-3-5-7-9-11-13-23-37(24-14-12-10-8-6-4-2)31-25-27(33-19-21-35(38)40-33)15-17-29(31)30-18-16-28(26-32(30)37)34-20-22-36(39)41-34/h15-22,25-26H,3-14,23-24H2,1-2H3. The highest BCUT2D eigenvalue weighted by Gasteiger charge is 2.42. The van der Waals surface area contributed by atoms with Gasteiger partial charge in [0.1, 0.15) is 0 Å². The highest BCUT2D eigenvalue weighted by Crippen LogP contribution is 2.56. The van der Waals surface area contributed by atoms with Crippen LogP contribution in [0.2, 0.25) is 0 Å². The Bertz CT molecular complexity index is 1300. The highest BCUT2D eigenvalue weighted by molar-refractivity contribution is 9.11. The molecule has 4 heteroatoms. The van der Waals surface area contributed by atoms with Crippen LogP contribution in [-0.4, -0.2) is 0 Å². The number of hydrogen-bond acceptors (Lipinski definition) is 2. The zero-order valence-corrected chi connectivity index (χ0v) is 29.6. The SMILES string of the molecule is CCCCCCCCC1(CCCCCCCC)c2cc(-c3ccc(Br)s3)ccc2-c2ccc(-c3ccc(Br)s3)cc21. The van der Waals surface area contributed by atoms with Gasteiger partial charge in [-0.3, -0.25) is 0 Å². The van der Waals surface area contributed by atoms with Gasteiger partial charge in [0.05, 0.1) is 7.57 Å². The first kappa shape index (κ1) is 31.2. The fourth-order valence-electron chi connectivity index (χ4n) is 6.82. The van der Waals surface area contributed by atoms with Crippen molar-refractivity contribution in [2.75, 3.05) is 0 Å². The Kier molecular flexibility index (Phi) is 11.4. The molecule has 4 aromatic rings. The third-order valence-electron chi connectivity index (χ3n) is 8.99. The van der Waals surface area contributed by atoms with Gasteiger partial charge in [-0.15, -0.1) is 22.7 Å². The number of halogens is 2. The van der Waals surface area contributed by atoms with Gasteiger partial charge in [0, 0.05) is 15.2 Å². The molecule has 5 rings (SSSR count). The summed E-state index contributed by atoms with van der Waals surface area (Å²) < 4.78 is 2.40. The minimum absolute atomic E-state index is 0.0924. The van der Waals surface area contributed by atoms with Crippen LogP contribution in [0.5, 0.6) is 0 Å². The summed E-state index contributed by atoms with van der Waals surface area (Å²) in [6.07, 6.45) is 18.7. The summed E-state index contributed by atoms with van der Waals surface area (Å²) in [6.45, 7) is 4.63. The molecular weight excluding hydrogens is 668 g/mol. The number of hydrogen-bond donors (Lipinski definition) is 0. The molecule has 0 amide bonds. The second-order valence-electron chi connectivity index (χ2n) is 11.8. The summed E-state index contributed by atoms with van der Waals surface area (Å²) in [7, 11) is 0. The molecule has 0 spiro atoms. The maximum absolute atomic E-state index is 3.71. The van der Waals surface area contributed by atoms with Gasteiger partial charge in [-0.2, -0.15) is 0 Å². The molecule has 2 aromatic heterocycles. The van der Waals surface area contributed by atoms with Gasteiger partial charge in [-0.1, -0.05) is 115 Å². The van der Waals surface area contributed by atoms with Crippen LogP contribution >= 0.6 is 54.5 Å². The Morgan fingerprint density at radius 3 is 1.32 bits per heavy atom. The molecule has 41 heavy (non-hydrogen) atoms. The summed E-state index contributed by atoms with van der Waals surface area (Å²) in [5.41, 5.74) is 8.93. The van der Waals surface area contributed by atoms with Crippen molar-refractivity contribution in [3.8, 4) is 32.0 Å². The first-order valence-corrected chi connectivity index (χ1v) is 19.1. The summed E-state index contributed by atoms with van der Waals surface area (Å²) >= 11 is 11.1. The molecule has 0 radical (unpaired) electrons. The van der Waals surface area contributed by atoms with Crippen LogP contribution in [0, 0.1) is 0 Å². The van der Waals surface area contributed by atoms with Gasteiger partial charge in [-0.25, -0.2) is 0 Å². The van der Waals surface area contributed by atoms with E-state index in [1.807, 2.05) is 22.7 Å². The van der Waals surface area contributed by atoms with Gasteiger partial charge in [0.25, 0.3) is 0 Å². The lowest BCUT2D eigenvalue weighted by Crippen LogP contribution is -2.25. The monoisotopic (exact) mass is 710 g/mol. The van der Waals surface area contributed by atoms with Crippen molar-refractivity contribution in [3.63, 3.8) is 0 Å². The van der Waals surface area contributed by atoms with Crippen molar-refractivity contribution in [1.29, 1.82) is 0 Å². The third kappa shape index (κ3) is 7.31. The van der Waals surface area contributed by atoms with Crippen LogP contribution in [-0.2, 0) is 5.41 Å². The molecule has 0 unspecified atom stereocenters. The van der Waals surface area contributed by atoms with Crippen molar-refractivity contribution in [2.24, 2.45) is 0 Å². The van der Waals surface area contributed by atoms with Crippen molar-refractivity contribution in [1.82, 2.24) is 0 Å². The Morgan fingerprint density at radius 1 is 0.512 bits per heavy atom. The second-order valence-corrected chi connectivity index (χ2v) is 16.8. The Balaban J connectivity index is 1.55. The normalized spacial score (nSPS) is 13.5. The van der Waals surface area contributed by atoms with Gasteiger partial charge in [0.2, 0.25) is 0 Å². The molecule has 0 atom stereocenters. The van der Waals surface area contributed by atoms with E-state index in [0.717, 1.165) is 0 Å². The lowest BCUT2D eigenvalue weighted by Gasteiger charge is -2.33. The molecule has 2 aromatic carbocycles. The van der Waals surface area contributed by atoms with Crippen LogP contribution in [0.3, 0.4) is 0 Å². The molecule has 0 N–H and O–H groups in total. The average molecular weight is 713 g/mol. The summed E-state index contributed by atoms with van der Waals surface area (Å²) in [5.74, 6) is 0. The molecule has 218 valence electrons. The van der Waals surface area contributed by atoms with Crippen LogP contribution in [0.1, 0.15) is 115 Å². The van der Waals surface area contributed by atoms with Crippen LogP contribution < -0.4 is 0 Å². The van der Waals surface area contributed by atoms with Gasteiger partial charge < -0.3 is 0 Å². The Labute approximate surface area is 273 Å². The number of thiophene rings is 2. The van der Waals surface area contributed by atoms with Crippen molar-refractivity contribution in [3.05, 3.63) is 79.4 Å². The van der Waals surface area contributed by atoms with Crippen molar-refractivity contribution >= 4 is 54.5 Å². The second kappa shape index (κ2) is 15.0. The molecule has 1 aliphatic carbocycles. The van der Waals surface area contributed by atoms with E-state index in [4.69, 9.17) is 0 Å². The van der Waals surface area contributed by atoms with Crippen molar-refractivity contribution in [2.45, 2.75) is 109 Å². The number of fused-ring (bicyclic) bond motifs is 3. The topological polar surface area (TPSA) is 0 Å². The van der Waals surface area contributed by atoms with Crippen LogP contribution in [0.15, 0.2) is 68.2 Å². The maximum atomic E-state index is 3.71. The molecule has 1 aliphatic rings. The van der Waals surface area contributed by atoms with E-state index < -0.39 is 0 Å². The Morgan fingerprint density at radius 2 is 0.927 bits per heavy atom. The predicted octanol–water partition coefficient (Wildman–Crippen LogP) is 14.4. The number of unbranched alkanes of at least 4 members (excludes halogenated alkanes) is 10. The van der Waals surface area contributed by atoms with Gasteiger partial charge in [-0.05, 0) is 114 Å². The van der Waals surface area contributed by atoms with Crippen molar-refractivity contribution < 1.29 is 0 Å². The molecule has 0 saturated heterocycles. The molecule has 0 aliphatic heterocycles. The maximum Gasteiger partial charge on any atom is 0.0705 e. The highest BCUT2D eigenvalue weighted by atomic mass is 79.9. The summed E-state index contributed by atoms with van der Waals surface area (Å²) in [6, 6.07) is 23.6. The minimum atomic E-state index is 0.0924. The smallest absolute Gasteiger partial charge is 0.0705 e. The molecule has 0 bridgehead atoms. The van der Waals surface area contributed by atoms with Gasteiger partial charge >= 0.3 is 0 Å². The predicted molar refractivity (Wildman–Crippen MR) is 191 cm³/mol. The van der Waals surface area contributed by atoms with E-state index in [9.17, 15) is 0 Å². The molecule has 0 nitrogen and oxygen atoms in total. The van der Waals surface area contributed by atoms with Crippen LogP contribution in [0.4, 0.5) is 0 Å². The van der Waals surface area contributed by atoms with E-state index in [0.29, 0.717) is 0 Å². The van der Waals surface area contributed by atoms with E-state index in [-0.39, 0.29) is 5.41 Å². The molecule has 0 fully saturated rings. The van der Waals surface area contributed by atoms with E-state index >= 15 is 0 Å². The number of rotatable bonds is 16. The lowest BCUT2D eigenvalue weighted by atomic mass is 9.70. The fourth-order valence-corrected chi connectivity index (χ4v) is 9.58. The third-order valence-corrected chi connectivity index (χ3v) is 12.3. The summed E-state index contributed by atoms with van der Waals surface area (Å²) in [5, 5.41) is 0. The van der Waals surface area contributed by atoms with E-state index in [1.165, 1.54) is 129 Å². The first-order chi connectivity index (χ1) is 20.1. The largest absolute Gasteiger partial charge is 0.128 e. The fraction of sp³-hybridized carbons (Fsp3) is 0.459. The minimum Gasteiger partial charge on any atom is -0.128 e. The van der Waals surface area contributed by atoms with Gasteiger partial charge in [0.15, 0.2) is 0 Å². The zero-order chi connectivity index (χ0) is 28.7. The van der Waals surface area contributed by atoms with Crippen LogP contribution in [0.25, 0.3) is 32.0 Å². The molecule has 0 saturated carbocycles.